The third kappa shape index (κ3) is 3.64. The molecule has 1 saturated heterocycles. The molecule has 0 bridgehead atoms. The third-order valence-electron chi connectivity index (χ3n) is 4.98. The van der Waals surface area contributed by atoms with Crippen molar-refractivity contribution < 1.29 is 14.6 Å². The van der Waals surface area contributed by atoms with Crippen LogP contribution in [0.4, 0.5) is 0 Å². The number of carbonyl (C=O) groups excluding carboxylic acids is 1. The molecule has 2 aromatic carbocycles. The first-order chi connectivity index (χ1) is 13.0. The number of aromatic hydroxyl groups is 1. The van der Waals surface area contributed by atoms with Crippen LogP contribution in [0.1, 0.15) is 43.1 Å². The van der Waals surface area contributed by atoms with E-state index in [1.165, 1.54) is 6.92 Å². The van der Waals surface area contributed by atoms with E-state index < -0.39 is 0 Å². The van der Waals surface area contributed by atoms with Crippen molar-refractivity contribution >= 4 is 16.9 Å². The van der Waals surface area contributed by atoms with Crippen molar-refractivity contribution in [3.8, 4) is 5.75 Å². The Morgan fingerprint density at radius 1 is 1.19 bits per heavy atom. The van der Waals surface area contributed by atoms with Gasteiger partial charge < -0.3 is 15.2 Å². The van der Waals surface area contributed by atoms with Gasteiger partial charge in [0.15, 0.2) is 0 Å². The number of nitrogens with one attached hydrogen (secondary N) is 1. The molecule has 27 heavy (non-hydrogen) atoms. The van der Waals surface area contributed by atoms with Crippen LogP contribution in [0.3, 0.4) is 0 Å². The number of aryl methyl sites for hydroxylation is 1. The van der Waals surface area contributed by atoms with Gasteiger partial charge in [0.05, 0.1) is 17.7 Å². The van der Waals surface area contributed by atoms with Crippen molar-refractivity contribution in [1.82, 2.24) is 20.3 Å². The van der Waals surface area contributed by atoms with Crippen LogP contribution in [-0.2, 0) is 16.6 Å². The highest BCUT2D eigenvalue weighted by molar-refractivity contribution is 5.75. The maximum absolute atomic E-state index is 11.6. The molecule has 3 aromatic rings. The fourth-order valence-electron chi connectivity index (χ4n) is 3.74. The first-order valence-corrected chi connectivity index (χ1v) is 9.00. The minimum Gasteiger partial charge on any atom is -0.508 e. The van der Waals surface area contributed by atoms with Crippen LogP contribution in [0.2, 0.25) is 0 Å². The lowest BCUT2D eigenvalue weighted by atomic mass is 9.91. The van der Waals surface area contributed by atoms with Gasteiger partial charge in [-0.25, -0.2) is 4.68 Å². The molecule has 7 heteroatoms. The second kappa shape index (κ2) is 7.00. The van der Waals surface area contributed by atoms with Crippen molar-refractivity contribution in [3.63, 3.8) is 0 Å². The molecule has 1 fully saturated rings. The maximum Gasteiger partial charge on any atom is 0.217 e. The smallest absolute Gasteiger partial charge is 0.217 e. The topological polar surface area (TPSA) is 89.3 Å². The molecule has 1 aromatic heterocycles. The molecule has 0 radical (unpaired) electrons. The van der Waals surface area contributed by atoms with E-state index in [4.69, 9.17) is 4.74 Å². The van der Waals surface area contributed by atoms with Crippen molar-refractivity contribution in [2.45, 2.75) is 38.0 Å². The standard InChI is InChI=1S/C20H22N4O3/c1-12(25)21-15-10-19(13-4-3-5-16(26)8-13)27-20(11-15)14-6-7-18-17(9-14)22-23-24(18)2/h3-9,15,19-20,26H,10-11H2,1-2H3,(H,21,25)/t15-,19-,20+/m0/s1. The summed E-state index contributed by atoms with van der Waals surface area (Å²) in [6.07, 6.45) is 0.938. The van der Waals surface area contributed by atoms with Gasteiger partial charge in [-0.3, -0.25) is 4.79 Å². The molecule has 2 heterocycles. The lowest BCUT2D eigenvalue weighted by Crippen LogP contribution is -2.39. The SMILES string of the molecule is CC(=O)N[C@H]1C[C@@H](c2cccc(O)c2)O[C@@H](c2ccc3c(c2)nnn3C)C1. The van der Waals surface area contributed by atoms with E-state index in [0.717, 1.165) is 22.2 Å². The Hall–Kier alpha value is -2.93. The Balaban J connectivity index is 1.66. The number of hydrogen-bond acceptors (Lipinski definition) is 5. The molecule has 2 N–H and O–H groups in total. The Labute approximate surface area is 156 Å². The number of phenols is 1. The summed E-state index contributed by atoms with van der Waals surface area (Å²) in [5, 5.41) is 21.1. The van der Waals surface area contributed by atoms with E-state index in [9.17, 15) is 9.90 Å². The summed E-state index contributed by atoms with van der Waals surface area (Å²) in [4.78, 5) is 11.6. The van der Waals surface area contributed by atoms with Gasteiger partial charge in [0, 0.05) is 20.0 Å². The highest BCUT2D eigenvalue weighted by Crippen LogP contribution is 2.40. The van der Waals surface area contributed by atoms with E-state index in [-0.39, 0.29) is 29.9 Å². The number of aromatic nitrogens is 3. The molecular weight excluding hydrogens is 344 g/mol. The predicted octanol–water partition coefficient (Wildman–Crippen LogP) is 2.77. The normalized spacial score (nSPS) is 22.7. The molecule has 0 aliphatic carbocycles. The van der Waals surface area contributed by atoms with E-state index in [1.54, 1.807) is 22.9 Å². The van der Waals surface area contributed by atoms with Crippen LogP contribution in [0.5, 0.6) is 5.75 Å². The highest BCUT2D eigenvalue weighted by atomic mass is 16.5. The summed E-state index contributed by atoms with van der Waals surface area (Å²) in [5.74, 6) is 0.148. The molecule has 0 unspecified atom stereocenters. The van der Waals surface area contributed by atoms with Crippen LogP contribution in [0.25, 0.3) is 11.0 Å². The fourth-order valence-corrected chi connectivity index (χ4v) is 3.74. The first kappa shape index (κ1) is 17.5. The van der Waals surface area contributed by atoms with Crippen LogP contribution in [0, 0.1) is 0 Å². The van der Waals surface area contributed by atoms with Gasteiger partial charge in [0.1, 0.15) is 11.3 Å². The fraction of sp³-hybridized carbons (Fsp3) is 0.350. The van der Waals surface area contributed by atoms with Crippen molar-refractivity contribution in [1.29, 1.82) is 0 Å². The zero-order chi connectivity index (χ0) is 19.0. The molecule has 1 amide bonds. The van der Waals surface area contributed by atoms with Crippen molar-refractivity contribution in [2.75, 3.05) is 0 Å². The minimum absolute atomic E-state index is 0.00819. The highest BCUT2D eigenvalue weighted by Gasteiger charge is 2.32. The van der Waals surface area contributed by atoms with Gasteiger partial charge in [0.2, 0.25) is 5.91 Å². The Morgan fingerprint density at radius 2 is 1.93 bits per heavy atom. The zero-order valence-electron chi connectivity index (χ0n) is 15.3. The molecule has 0 spiro atoms. The van der Waals surface area contributed by atoms with E-state index in [0.29, 0.717) is 12.8 Å². The Morgan fingerprint density at radius 3 is 2.63 bits per heavy atom. The Kier molecular flexibility index (Phi) is 4.53. The predicted molar refractivity (Wildman–Crippen MR) is 100 cm³/mol. The summed E-state index contributed by atoms with van der Waals surface area (Å²) in [6.45, 7) is 1.53. The summed E-state index contributed by atoms with van der Waals surface area (Å²) in [6, 6.07) is 13.1. The van der Waals surface area contributed by atoms with Crippen LogP contribution < -0.4 is 5.32 Å². The van der Waals surface area contributed by atoms with Crippen molar-refractivity contribution in [2.24, 2.45) is 7.05 Å². The number of hydrogen-bond donors (Lipinski definition) is 2. The summed E-state index contributed by atoms with van der Waals surface area (Å²) >= 11 is 0. The van der Waals surface area contributed by atoms with Gasteiger partial charge in [-0.1, -0.05) is 23.4 Å². The second-order valence-electron chi connectivity index (χ2n) is 7.04. The first-order valence-electron chi connectivity index (χ1n) is 9.00. The average Bonchev–Trinajstić information content (AvgIpc) is 3.01. The number of carbonyl (C=O) groups is 1. The third-order valence-corrected chi connectivity index (χ3v) is 4.98. The molecule has 3 atom stereocenters. The quantitative estimate of drug-likeness (QED) is 0.744. The zero-order valence-corrected chi connectivity index (χ0v) is 15.3. The largest absolute Gasteiger partial charge is 0.508 e. The van der Waals surface area contributed by atoms with Gasteiger partial charge in [-0.05, 0) is 48.2 Å². The summed E-state index contributed by atoms with van der Waals surface area (Å²) < 4.78 is 8.10. The minimum atomic E-state index is -0.217. The van der Waals surface area contributed by atoms with Crippen LogP contribution in [-0.4, -0.2) is 32.0 Å². The van der Waals surface area contributed by atoms with E-state index in [2.05, 4.69) is 15.6 Å². The number of nitrogens with zero attached hydrogens (tertiary/aromatic N) is 3. The number of fused-ring (bicyclic) bond motifs is 1. The van der Waals surface area contributed by atoms with Crippen LogP contribution >= 0.6 is 0 Å². The van der Waals surface area contributed by atoms with Gasteiger partial charge in [-0.15, -0.1) is 5.10 Å². The van der Waals surface area contributed by atoms with Crippen LogP contribution in [0.15, 0.2) is 42.5 Å². The maximum atomic E-state index is 11.6. The Bertz CT molecular complexity index is 984. The van der Waals surface area contributed by atoms with Gasteiger partial charge in [0.25, 0.3) is 0 Å². The lowest BCUT2D eigenvalue weighted by Gasteiger charge is -2.36. The molecule has 1 aliphatic heterocycles. The molecular formula is C20H22N4O3. The summed E-state index contributed by atoms with van der Waals surface area (Å²) in [5.41, 5.74) is 3.67. The van der Waals surface area contributed by atoms with Gasteiger partial charge >= 0.3 is 0 Å². The lowest BCUT2D eigenvalue weighted by molar-refractivity contribution is -0.122. The molecule has 140 valence electrons. The number of rotatable bonds is 3. The van der Waals surface area contributed by atoms with Gasteiger partial charge in [-0.2, -0.15) is 0 Å². The van der Waals surface area contributed by atoms with Crippen molar-refractivity contribution in [3.05, 3.63) is 53.6 Å². The van der Waals surface area contributed by atoms with E-state index >= 15 is 0 Å². The molecule has 0 saturated carbocycles. The number of phenolic OH excluding ortho intramolecular Hbond substituents is 1. The molecule has 4 rings (SSSR count). The molecule has 1 aliphatic rings. The van der Waals surface area contributed by atoms with E-state index in [1.807, 2.05) is 31.3 Å². The monoisotopic (exact) mass is 366 g/mol. The number of ether oxygens (including phenoxy) is 1. The number of amides is 1. The second-order valence-corrected chi connectivity index (χ2v) is 7.04. The average molecular weight is 366 g/mol. The number of benzene rings is 2. The summed E-state index contributed by atoms with van der Waals surface area (Å²) in [7, 11) is 1.86. The molecule has 7 nitrogen and oxygen atoms in total.